The summed E-state index contributed by atoms with van der Waals surface area (Å²) in [5.74, 6) is 0.737. The smallest absolute Gasteiger partial charge is 0.226 e. The summed E-state index contributed by atoms with van der Waals surface area (Å²) in [6.45, 7) is 4.69. The van der Waals surface area contributed by atoms with E-state index in [1.165, 1.54) is 0 Å². The first-order valence-electron chi connectivity index (χ1n) is 9.72. The van der Waals surface area contributed by atoms with E-state index in [4.69, 9.17) is 27.9 Å². The van der Waals surface area contributed by atoms with E-state index in [0.717, 1.165) is 28.3 Å². The Morgan fingerprint density at radius 3 is 2.33 bits per heavy atom. The Labute approximate surface area is 187 Å². The Hall–Kier alpha value is -2.69. The number of amides is 1. The molecule has 3 aromatic rings. The average Bonchev–Trinajstić information content (AvgIpc) is 2.73. The zero-order valence-electron chi connectivity index (χ0n) is 16.9. The molecule has 0 atom stereocenters. The second kappa shape index (κ2) is 10.4. The number of hydrogen-bond donors (Lipinski definition) is 2. The van der Waals surface area contributed by atoms with Gasteiger partial charge in [-0.1, -0.05) is 61.3 Å². The highest BCUT2D eigenvalue weighted by Gasteiger charge is 2.08. The second-order valence-corrected chi connectivity index (χ2v) is 8.05. The molecule has 1 amide bonds. The molecule has 0 spiro atoms. The predicted molar refractivity (Wildman–Crippen MR) is 124 cm³/mol. The van der Waals surface area contributed by atoms with E-state index in [2.05, 4.69) is 10.6 Å². The zero-order valence-corrected chi connectivity index (χ0v) is 18.4. The molecule has 0 aromatic heterocycles. The molecule has 3 aromatic carbocycles. The number of ether oxygens (including phenoxy) is 1. The summed E-state index contributed by atoms with van der Waals surface area (Å²) < 4.78 is 6.00. The van der Waals surface area contributed by atoms with Crippen LogP contribution in [0.2, 0.25) is 10.0 Å². The largest absolute Gasteiger partial charge is 0.488 e. The van der Waals surface area contributed by atoms with Gasteiger partial charge in [0.05, 0.1) is 0 Å². The first-order valence-corrected chi connectivity index (χ1v) is 10.5. The number of anilines is 2. The highest BCUT2D eigenvalue weighted by molar-refractivity contribution is 6.35. The van der Waals surface area contributed by atoms with Crippen molar-refractivity contribution in [2.45, 2.75) is 27.0 Å². The SMILES string of the molecule is CC(C)C(=O)Nc1ccc(NCc2ccccc2OCc2ccc(Cl)cc2Cl)cc1. The maximum absolute atomic E-state index is 11.8. The first kappa shape index (κ1) is 22.0. The van der Waals surface area contributed by atoms with Gasteiger partial charge in [0, 0.05) is 45.0 Å². The highest BCUT2D eigenvalue weighted by atomic mass is 35.5. The fourth-order valence-corrected chi connectivity index (χ4v) is 3.20. The molecule has 0 aliphatic heterocycles. The Morgan fingerprint density at radius 1 is 0.933 bits per heavy atom. The van der Waals surface area contributed by atoms with E-state index in [9.17, 15) is 4.79 Å². The van der Waals surface area contributed by atoms with Gasteiger partial charge in [-0.25, -0.2) is 0 Å². The minimum Gasteiger partial charge on any atom is -0.488 e. The molecule has 3 rings (SSSR count). The van der Waals surface area contributed by atoms with Gasteiger partial charge in [0.15, 0.2) is 0 Å². The average molecular weight is 443 g/mol. The van der Waals surface area contributed by atoms with Gasteiger partial charge in [-0.05, 0) is 42.5 Å². The van der Waals surface area contributed by atoms with Crippen LogP contribution in [-0.4, -0.2) is 5.91 Å². The standard InChI is InChI=1S/C24H24Cl2N2O2/c1-16(2)24(29)28-21-11-9-20(10-12-21)27-14-17-5-3-4-6-23(17)30-15-18-7-8-19(25)13-22(18)26/h3-13,16,27H,14-15H2,1-2H3,(H,28,29). The number of carbonyl (C=O) groups excluding carboxylic acids is 1. The molecule has 30 heavy (non-hydrogen) atoms. The third kappa shape index (κ3) is 6.15. The zero-order chi connectivity index (χ0) is 21.5. The summed E-state index contributed by atoms with van der Waals surface area (Å²) in [6, 6.07) is 20.9. The van der Waals surface area contributed by atoms with Crippen molar-refractivity contribution in [3.63, 3.8) is 0 Å². The van der Waals surface area contributed by atoms with Crippen LogP contribution in [0.15, 0.2) is 66.7 Å². The fourth-order valence-electron chi connectivity index (χ4n) is 2.74. The first-order chi connectivity index (χ1) is 14.4. The summed E-state index contributed by atoms with van der Waals surface area (Å²) in [7, 11) is 0. The molecule has 0 fully saturated rings. The number of halogens is 2. The van der Waals surface area contributed by atoms with Gasteiger partial charge in [0.1, 0.15) is 12.4 Å². The van der Waals surface area contributed by atoms with Gasteiger partial charge in [0.2, 0.25) is 5.91 Å². The lowest BCUT2D eigenvalue weighted by molar-refractivity contribution is -0.118. The molecule has 6 heteroatoms. The third-order valence-corrected chi connectivity index (χ3v) is 5.12. The number of carbonyl (C=O) groups is 1. The van der Waals surface area contributed by atoms with Gasteiger partial charge in [-0.2, -0.15) is 0 Å². The summed E-state index contributed by atoms with van der Waals surface area (Å²) in [6.07, 6.45) is 0. The molecular formula is C24H24Cl2N2O2. The van der Waals surface area contributed by atoms with Gasteiger partial charge >= 0.3 is 0 Å². The van der Waals surface area contributed by atoms with Gasteiger partial charge < -0.3 is 15.4 Å². The molecule has 156 valence electrons. The molecule has 0 unspecified atom stereocenters. The fraction of sp³-hybridized carbons (Fsp3) is 0.208. The van der Waals surface area contributed by atoms with Crippen molar-refractivity contribution >= 4 is 40.5 Å². The van der Waals surface area contributed by atoms with Crippen LogP contribution >= 0.6 is 23.2 Å². The second-order valence-electron chi connectivity index (χ2n) is 7.21. The molecule has 0 aliphatic rings. The summed E-state index contributed by atoms with van der Waals surface area (Å²) in [5, 5.41) is 7.46. The summed E-state index contributed by atoms with van der Waals surface area (Å²) in [4.78, 5) is 11.8. The van der Waals surface area contributed by atoms with Crippen LogP contribution in [0.1, 0.15) is 25.0 Å². The van der Waals surface area contributed by atoms with E-state index < -0.39 is 0 Å². The quantitative estimate of drug-likeness (QED) is 0.404. The summed E-state index contributed by atoms with van der Waals surface area (Å²) in [5.41, 5.74) is 3.64. The number of benzene rings is 3. The van der Waals surface area contributed by atoms with Crippen LogP contribution in [0, 0.1) is 5.92 Å². The van der Waals surface area contributed by atoms with Crippen molar-refractivity contribution in [2.75, 3.05) is 10.6 Å². The van der Waals surface area contributed by atoms with Crippen molar-refractivity contribution in [2.24, 2.45) is 5.92 Å². The van der Waals surface area contributed by atoms with Crippen molar-refractivity contribution < 1.29 is 9.53 Å². The molecular weight excluding hydrogens is 419 g/mol. The molecule has 4 nitrogen and oxygen atoms in total. The maximum Gasteiger partial charge on any atom is 0.226 e. The minimum absolute atomic E-state index is 0.00239. The Balaban J connectivity index is 1.60. The van der Waals surface area contributed by atoms with Crippen LogP contribution in [0.4, 0.5) is 11.4 Å². The van der Waals surface area contributed by atoms with E-state index in [-0.39, 0.29) is 11.8 Å². The highest BCUT2D eigenvalue weighted by Crippen LogP contribution is 2.25. The lowest BCUT2D eigenvalue weighted by Crippen LogP contribution is -2.17. The number of para-hydroxylation sites is 1. The van der Waals surface area contributed by atoms with Crippen molar-refractivity contribution in [3.05, 3.63) is 87.9 Å². The topological polar surface area (TPSA) is 50.4 Å². The van der Waals surface area contributed by atoms with Gasteiger partial charge in [0.25, 0.3) is 0 Å². The molecule has 0 saturated heterocycles. The van der Waals surface area contributed by atoms with E-state index in [0.29, 0.717) is 23.2 Å². The Morgan fingerprint density at radius 2 is 1.63 bits per heavy atom. The van der Waals surface area contributed by atoms with Crippen molar-refractivity contribution in [3.8, 4) is 5.75 Å². The van der Waals surface area contributed by atoms with Crippen molar-refractivity contribution in [1.82, 2.24) is 0 Å². The summed E-state index contributed by atoms with van der Waals surface area (Å²) >= 11 is 12.2. The Bertz CT molecular complexity index is 1000. The molecule has 0 radical (unpaired) electrons. The maximum atomic E-state index is 11.8. The predicted octanol–water partition coefficient (Wildman–Crippen LogP) is 6.78. The van der Waals surface area contributed by atoms with Crippen LogP contribution < -0.4 is 15.4 Å². The van der Waals surface area contributed by atoms with Crippen LogP contribution in [0.5, 0.6) is 5.75 Å². The lowest BCUT2D eigenvalue weighted by Gasteiger charge is -2.14. The normalized spacial score (nSPS) is 10.7. The van der Waals surface area contributed by atoms with Gasteiger partial charge in [-0.15, -0.1) is 0 Å². The van der Waals surface area contributed by atoms with Crippen LogP contribution in [0.3, 0.4) is 0 Å². The monoisotopic (exact) mass is 442 g/mol. The molecule has 0 saturated carbocycles. The molecule has 2 N–H and O–H groups in total. The minimum atomic E-state index is -0.0537. The van der Waals surface area contributed by atoms with Gasteiger partial charge in [-0.3, -0.25) is 4.79 Å². The van der Waals surface area contributed by atoms with Crippen molar-refractivity contribution in [1.29, 1.82) is 0 Å². The number of rotatable bonds is 8. The van der Waals surface area contributed by atoms with E-state index in [1.807, 2.05) is 68.4 Å². The van der Waals surface area contributed by atoms with Crippen LogP contribution in [-0.2, 0) is 17.9 Å². The number of hydrogen-bond acceptors (Lipinski definition) is 3. The third-order valence-electron chi connectivity index (χ3n) is 4.53. The molecule has 0 heterocycles. The Kier molecular flexibility index (Phi) is 7.61. The van der Waals surface area contributed by atoms with E-state index >= 15 is 0 Å². The van der Waals surface area contributed by atoms with Crippen LogP contribution in [0.25, 0.3) is 0 Å². The molecule has 0 bridgehead atoms. The van der Waals surface area contributed by atoms with E-state index in [1.54, 1.807) is 12.1 Å². The molecule has 0 aliphatic carbocycles. The lowest BCUT2D eigenvalue weighted by atomic mass is 10.2. The number of nitrogens with one attached hydrogen (secondary N) is 2.